The van der Waals surface area contributed by atoms with Gasteiger partial charge < -0.3 is 26.9 Å². The Morgan fingerprint density at radius 2 is 1.94 bits per heavy atom. The molecule has 1 aromatic carbocycles. The van der Waals surface area contributed by atoms with Crippen molar-refractivity contribution in [1.29, 1.82) is 0 Å². The predicted octanol–water partition coefficient (Wildman–Crippen LogP) is 3.82. The van der Waals surface area contributed by atoms with Crippen LogP contribution < -0.4 is 32.8 Å². The summed E-state index contributed by atoms with van der Waals surface area (Å²) in [6, 6.07) is 8.92. The number of hydrogen-bond donors (Lipinski definition) is 5. The minimum atomic E-state index is -2.87. The summed E-state index contributed by atoms with van der Waals surface area (Å²) in [6.07, 6.45) is 10.7. The highest BCUT2D eigenvalue weighted by molar-refractivity contribution is 5.70. The minimum absolute atomic E-state index is 0.0965. The van der Waals surface area contributed by atoms with Crippen molar-refractivity contribution < 1.29 is 13.5 Å². The number of benzene rings is 1. The number of aromatic nitrogens is 3. The third-order valence-corrected chi connectivity index (χ3v) is 6.62. The van der Waals surface area contributed by atoms with Crippen LogP contribution in [0.5, 0.6) is 5.75 Å². The molecular weight excluding hydrogens is 466 g/mol. The Bertz CT molecular complexity index is 1130. The summed E-state index contributed by atoms with van der Waals surface area (Å²) in [6.45, 7) is -1.66. The van der Waals surface area contributed by atoms with Crippen molar-refractivity contribution in [2.75, 3.05) is 23.4 Å². The zero-order chi connectivity index (χ0) is 25.5. The molecule has 0 spiro atoms. The van der Waals surface area contributed by atoms with Crippen LogP contribution in [0.15, 0.2) is 42.7 Å². The molecule has 1 saturated carbocycles. The molecular formula is C25H34F2N8O. The lowest BCUT2D eigenvalue weighted by atomic mass is 9.89. The number of rotatable bonds is 11. The second kappa shape index (κ2) is 12.0. The van der Waals surface area contributed by atoms with E-state index in [1.807, 2.05) is 12.3 Å². The molecule has 1 fully saturated rings. The number of nitrogen functional groups attached to an aromatic ring is 3. The summed E-state index contributed by atoms with van der Waals surface area (Å²) in [4.78, 5) is 4.19. The lowest BCUT2D eigenvalue weighted by molar-refractivity contribution is -0.0498. The van der Waals surface area contributed by atoms with Crippen molar-refractivity contribution in [2.24, 2.45) is 5.84 Å². The maximum Gasteiger partial charge on any atom is 0.387 e. The summed E-state index contributed by atoms with van der Waals surface area (Å²) in [5, 5.41) is 8.21. The summed E-state index contributed by atoms with van der Waals surface area (Å²) < 4.78 is 31.5. The summed E-state index contributed by atoms with van der Waals surface area (Å²) >= 11 is 0. The van der Waals surface area contributed by atoms with E-state index in [0.29, 0.717) is 29.9 Å². The zero-order valence-electron chi connectivity index (χ0n) is 20.2. The van der Waals surface area contributed by atoms with Crippen LogP contribution in [0.3, 0.4) is 0 Å². The van der Waals surface area contributed by atoms with Crippen molar-refractivity contribution in [3.63, 3.8) is 0 Å². The van der Waals surface area contributed by atoms with E-state index in [1.54, 1.807) is 29.1 Å². The van der Waals surface area contributed by atoms with Gasteiger partial charge in [-0.15, -0.1) is 0 Å². The summed E-state index contributed by atoms with van der Waals surface area (Å²) in [7, 11) is 0. The molecule has 0 bridgehead atoms. The summed E-state index contributed by atoms with van der Waals surface area (Å²) in [5.74, 6) is 6.29. The first-order valence-corrected chi connectivity index (χ1v) is 12.2. The van der Waals surface area contributed by atoms with Crippen molar-refractivity contribution >= 4 is 17.3 Å². The Kier molecular flexibility index (Phi) is 8.55. The molecule has 2 aromatic heterocycles. The smallest absolute Gasteiger partial charge is 0.387 e. The number of hydrogen-bond acceptors (Lipinski definition) is 8. The van der Waals surface area contributed by atoms with Gasteiger partial charge in [0.1, 0.15) is 11.6 Å². The van der Waals surface area contributed by atoms with Crippen molar-refractivity contribution in [2.45, 2.75) is 63.6 Å². The topological polar surface area (TPSA) is 142 Å². The molecule has 2 heterocycles. The van der Waals surface area contributed by atoms with Crippen LogP contribution in [0.2, 0.25) is 0 Å². The normalized spacial score (nSPS) is 15.2. The van der Waals surface area contributed by atoms with Crippen LogP contribution in [0.4, 0.5) is 26.1 Å². The molecule has 4 rings (SSSR count). The van der Waals surface area contributed by atoms with E-state index in [9.17, 15) is 8.78 Å². The van der Waals surface area contributed by atoms with Gasteiger partial charge in [-0.3, -0.25) is 4.68 Å². The highest BCUT2D eigenvalue weighted by Crippen LogP contribution is 2.35. The lowest BCUT2D eigenvalue weighted by Gasteiger charge is -2.25. The molecule has 8 N–H and O–H groups in total. The van der Waals surface area contributed by atoms with Gasteiger partial charge in [-0.25, -0.2) is 10.8 Å². The Balaban J connectivity index is 1.55. The number of pyridine rings is 1. The SMILES string of the molecule is NNc1nc(N)cc(C(CCNC2CCCCC2)c2cnn(Cc3cccc(OC(F)F)c3)c2)c1N. The van der Waals surface area contributed by atoms with Gasteiger partial charge in [0.25, 0.3) is 0 Å². The lowest BCUT2D eigenvalue weighted by Crippen LogP contribution is -2.32. The van der Waals surface area contributed by atoms with Crippen LogP contribution in [0.1, 0.15) is 61.1 Å². The quantitative estimate of drug-likeness (QED) is 0.198. The number of halogens is 2. The van der Waals surface area contributed by atoms with Crippen LogP contribution in [0, 0.1) is 0 Å². The fourth-order valence-electron chi connectivity index (χ4n) is 4.89. The van der Waals surface area contributed by atoms with Gasteiger partial charge in [0, 0.05) is 18.2 Å². The van der Waals surface area contributed by atoms with Crippen LogP contribution in [-0.4, -0.2) is 34.0 Å². The van der Waals surface area contributed by atoms with Gasteiger partial charge >= 0.3 is 6.61 Å². The van der Waals surface area contributed by atoms with E-state index >= 15 is 0 Å². The molecule has 194 valence electrons. The summed E-state index contributed by atoms with van der Waals surface area (Å²) in [5.41, 5.74) is 18.0. The fraction of sp³-hybridized carbons (Fsp3) is 0.440. The van der Waals surface area contributed by atoms with Gasteiger partial charge in [0.2, 0.25) is 0 Å². The highest BCUT2D eigenvalue weighted by atomic mass is 19.3. The number of nitrogens with one attached hydrogen (secondary N) is 2. The monoisotopic (exact) mass is 500 g/mol. The number of nitrogens with zero attached hydrogens (tertiary/aromatic N) is 3. The van der Waals surface area contributed by atoms with Gasteiger partial charge in [-0.2, -0.15) is 13.9 Å². The molecule has 1 atom stereocenters. The predicted molar refractivity (Wildman–Crippen MR) is 137 cm³/mol. The third kappa shape index (κ3) is 6.61. The molecule has 36 heavy (non-hydrogen) atoms. The van der Waals surface area contributed by atoms with Gasteiger partial charge in [0.05, 0.1) is 18.4 Å². The Labute approximate surface area is 209 Å². The first-order chi connectivity index (χ1) is 17.4. The highest BCUT2D eigenvalue weighted by Gasteiger charge is 2.22. The molecule has 1 aliphatic carbocycles. The van der Waals surface area contributed by atoms with Crippen LogP contribution >= 0.6 is 0 Å². The number of ether oxygens (including phenoxy) is 1. The first-order valence-electron chi connectivity index (χ1n) is 12.2. The van der Waals surface area contributed by atoms with Crippen LogP contribution in [0.25, 0.3) is 0 Å². The fourth-order valence-corrected chi connectivity index (χ4v) is 4.89. The number of alkyl halides is 2. The Morgan fingerprint density at radius 3 is 2.69 bits per heavy atom. The largest absolute Gasteiger partial charge is 0.435 e. The van der Waals surface area contributed by atoms with E-state index in [1.165, 1.54) is 38.2 Å². The van der Waals surface area contributed by atoms with E-state index in [2.05, 4.69) is 25.6 Å². The van der Waals surface area contributed by atoms with Crippen molar-refractivity contribution in [3.05, 3.63) is 59.4 Å². The third-order valence-electron chi connectivity index (χ3n) is 6.62. The Morgan fingerprint density at radius 1 is 1.14 bits per heavy atom. The first kappa shape index (κ1) is 25.6. The maximum absolute atomic E-state index is 12.6. The van der Waals surface area contributed by atoms with E-state index in [-0.39, 0.29) is 11.7 Å². The van der Waals surface area contributed by atoms with E-state index in [0.717, 1.165) is 29.7 Å². The van der Waals surface area contributed by atoms with E-state index in [4.69, 9.17) is 17.3 Å². The number of hydrazine groups is 1. The molecule has 3 aromatic rings. The molecule has 0 amide bonds. The molecule has 1 aliphatic rings. The molecule has 0 saturated heterocycles. The maximum atomic E-state index is 12.6. The molecule has 9 nitrogen and oxygen atoms in total. The van der Waals surface area contributed by atoms with Gasteiger partial charge in [-0.05, 0) is 60.7 Å². The molecule has 11 heteroatoms. The second-order valence-electron chi connectivity index (χ2n) is 9.17. The van der Waals surface area contributed by atoms with E-state index < -0.39 is 6.61 Å². The standard InChI is InChI=1S/C25H34F2N8O/c26-25(27)36-19-8-4-5-16(11-19)14-35-15-17(13-32-35)20(9-10-31-18-6-2-1-3-7-18)21-12-22(28)33-24(34-30)23(21)29/h4-5,8,11-13,15,18,20,25,31H,1-3,6-7,9-10,14,29-30H2,(H3,28,33,34). The zero-order valence-corrected chi connectivity index (χ0v) is 20.2. The number of anilines is 3. The number of nitrogens with two attached hydrogens (primary N) is 3. The van der Waals surface area contributed by atoms with Crippen molar-refractivity contribution in [3.8, 4) is 5.75 Å². The average Bonchev–Trinajstić information content (AvgIpc) is 3.31. The molecule has 1 unspecified atom stereocenters. The average molecular weight is 501 g/mol. The van der Waals surface area contributed by atoms with Gasteiger partial charge in [0.15, 0.2) is 5.82 Å². The van der Waals surface area contributed by atoms with Crippen LogP contribution in [-0.2, 0) is 6.54 Å². The van der Waals surface area contributed by atoms with Gasteiger partial charge in [-0.1, -0.05) is 31.4 Å². The molecule has 0 aliphatic heterocycles. The molecule has 0 radical (unpaired) electrons. The second-order valence-corrected chi connectivity index (χ2v) is 9.17. The van der Waals surface area contributed by atoms with Crippen molar-refractivity contribution in [1.82, 2.24) is 20.1 Å². The Hall–Kier alpha value is -3.44. The minimum Gasteiger partial charge on any atom is -0.435 e.